The van der Waals surface area contributed by atoms with Gasteiger partial charge in [0.1, 0.15) is 0 Å². The molecule has 94 valence electrons. The highest BCUT2D eigenvalue weighted by molar-refractivity contribution is 5.25. The number of nitrogens with zero attached hydrogens (tertiary/aromatic N) is 1. The Kier molecular flexibility index (Phi) is 4.57. The SMILES string of the molecule is Cc1ccccc1CN1CCCCC1CCO. The van der Waals surface area contributed by atoms with Crippen LogP contribution in [0.25, 0.3) is 0 Å². The van der Waals surface area contributed by atoms with Gasteiger partial charge in [-0.05, 0) is 43.9 Å². The van der Waals surface area contributed by atoms with Gasteiger partial charge in [0.05, 0.1) is 0 Å². The van der Waals surface area contributed by atoms with E-state index in [9.17, 15) is 0 Å². The number of aliphatic hydroxyl groups is 1. The zero-order valence-corrected chi connectivity index (χ0v) is 10.7. The molecule has 0 aliphatic carbocycles. The van der Waals surface area contributed by atoms with Gasteiger partial charge in [-0.1, -0.05) is 30.7 Å². The summed E-state index contributed by atoms with van der Waals surface area (Å²) in [7, 11) is 0. The van der Waals surface area contributed by atoms with Crippen molar-refractivity contribution in [2.75, 3.05) is 13.2 Å². The largest absolute Gasteiger partial charge is 0.396 e. The molecule has 1 aliphatic rings. The molecule has 0 amide bonds. The minimum Gasteiger partial charge on any atom is -0.396 e. The molecule has 1 N–H and O–H groups in total. The molecule has 0 spiro atoms. The van der Waals surface area contributed by atoms with Crippen molar-refractivity contribution in [1.82, 2.24) is 4.90 Å². The minimum atomic E-state index is 0.314. The van der Waals surface area contributed by atoms with E-state index in [0.29, 0.717) is 12.6 Å². The minimum absolute atomic E-state index is 0.314. The Balaban J connectivity index is 2.03. The van der Waals surface area contributed by atoms with Crippen molar-refractivity contribution in [1.29, 1.82) is 0 Å². The molecule has 1 aromatic carbocycles. The predicted molar refractivity (Wildman–Crippen MR) is 70.9 cm³/mol. The summed E-state index contributed by atoms with van der Waals surface area (Å²) in [4.78, 5) is 2.54. The standard InChI is InChI=1S/C15H23NO/c1-13-6-2-3-7-14(13)12-16-10-5-4-8-15(16)9-11-17/h2-3,6-7,15,17H,4-5,8-12H2,1H3. The van der Waals surface area contributed by atoms with Gasteiger partial charge in [0, 0.05) is 19.2 Å². The summed E-state index contributed by atoms with van der Waals surface area (Å²) in [5.41, 5.74) is 2.80. The lowest BCUT2D eigenvalue weighted by Crippen LogP contribution is -2.39. The van der Waals surface area contributed by atoms with Gasteiger partial charge in [-0.15, -0.1) is 0 Å². The van der Waals surface area contributed by atoms with Crippen LogP contribution in [0.1, 0.15) is 36.8 Å². The van der Waals surface area contributed by atoms with Gasteiger partial charge in [0.15, 0.2) is 0 Å². The molecule has 17 heavy (non-hydrogen) atoms. The van der Waals surface area contributed by atoms with E-state index in [1.54, 1.807) is 0 Å². The second kappa shape index (κ2) is 6.18. The highest BCUT2D eigenvalue weighted by Gasteiger charge is 2.21. The fourth-order valence-electron chi connectivity index (χ4n) is 2.75. The van der Waals surface area contributed by atoms with Crippen LogP contribution in [0.4, 0.5) is 0 Å². The normalized spacial score (nSPS) is 21.6. The summed E-state index contributed by atoms with van der Waals surface area (Å²) in [6.07, 6.45) is 4.78. The number of hydrogen-bond acceptors (Lipinski definition) is 2. The van der Waals surface area contributed by atoms with Gasteiger partial charge in [-0.2, -0.15) is 0 Å². The molecule has 1 atom stereocenters. The number of rotatable bonds is 4. The fraction of sp³-hybridized carbons (Fsp3) is 0.600. The maximum Gasteiger partial charge on any atom is 0.0445 e. The van der Waals surface area contributed by atoms with Crippen molar-refractivity contribution in [2.45, 2.75) is 45.2 Å². The van der Waals surface area contributed by atoms with E-state index in [1.165, 1.54) is 36.9 Å². The molecule has 2 rings (SSSR count). The van der Waals surface area contributed by atoms with Crippen LogP contribution in [-0.4, -0.2) is 29.2 Å². The lowest BCUT2D eigenvalue weighted by atomic mass is 9.98. The molecule has 0 aromatic heterocycles. The molecule has 0 radical (unpaired) electrons. The summed E-state index contributed by atoms with van der Waals surface area (Å²) < 4.78 is 0. The van der Waals surface area contributed by atoms with E-state index in [0.717, 1.165) is 13.0 Å². The molecule has 1 fully saturated rings. The van der Waals surface area contributed by atoms with Crippen LogP contribution >= 0.6 is 0 Å². The molecule has 1 heterocycles. The van der Waals surface area contributed by atoms with Gasteiger partial charge in [-0.25, -0.2) is 0 Å². The van der Waals surface area contributed by atoms with E-state index >= 15 is 0 Å². The number of piperidine rings is 1. The van der Waals surface area contributed by atoms with Crippen LogP contribution in [0.15, 0.2) is 24.3 Å². The van der Waals surface area contributed by atoms with Crippen LogP contribution < -0.4 is 0 Å². The van der Waals surface area contributed by atoms with Crippen LogP contribution in [0, 0.1) is 6.92 Å². The average molecular weight is 233 g/mol. The molecule has 0 bridgehead atoms. The van der Waals surface area contributed by atoms with E-state index in [4.69, 9.17) is 5.11 Å². The highest BCUT2D eigenvalue weighted by Crippen LogP contribution is 2.22. The van der Waals surface area contributed by atoms with Gasteiger partial charge < -0.3 is 5.11 Å². The molecule has 0 saturated carbocycles. The highest BCUT2D eigenvalue weighted by atomic mass is 16.3. The van der Waals surface area contributed by atoms with Gasteiger partial charge in [-0.3, -0.25) is 4.90 Å². The van der Waals surface area contributed by atoms with Crippen molar-refractivity contribution in [3.63, 3.8) is 0 Å². The van der Waals surface area contributed by atoms with Gasteiger partial charge in [0.2, 0.25) is 0 Å². The van der Waals surface area contributed by atoms with Crippen LogP contribution in [0.3, 0.4) is 0 Å². The van der Waals surface area contributed by atoms with Gasteiger partial charge in [0.25, 0.3) is 0 Å². The molecule has 1 saturated heterocycles. The smallest absolute Gasteiger partial charge is 0.0445 e. The number of aryl methyl sites for hydroxylation is 1. The number of hydrogen-bond donors (Lipinski definition) is 1. The first-order valence-electron chi connectivity index (χ1n) is 6.70. The van der Waals surface area contributed by atoms with Gasteiger partial charge >= 0.3 is 0 Å². The van der Waals surface area contributed by atoms with Crippen molar-refractivity contribution in [2.24, 2.45) is 0 Å². The average Bonchev–Trinajstić information content (AvgIpc) is 2.35. The first-order chi connectivity index (χ1) is 8.31. The van der Waals surface area contributed by atoms with E-state index in [-0.39, 0.29) is 0 Å². The molecule has 2 nitrogen and oxygen atoms in total. The molecule has 1 aliphatic heterocycles. The summed E-state index contributed by atoms with van der Waals surface area (Å²) in [5, 5.41) is 9.13. The van der Waals surface area contributed by atoms with Crippen molar-refractivity contribution < 1.29 is 5.11 Å². The Morgan fingerprint density at radius 3 is 2.88 bits per heavy atom. The fourth-order valence-corrected chi connectivity index (χ4v) is 2.75. The summed E-state index contributed by atoms with van der Waals surface area (Å²) in [5.74, 6) is 0. The summed E-state index contributed by atoms with van der Waals surface area (Å²) in [6.45, 7) is 4.71. The van der Waals surface area contributed by atoms with E-state index in [2.05, 4.69) is 36.1 Å². The Morgan fingerprint density at radius 2 is 2.12 bits per heavy atom. The zero-order chi connectivity index (χ0) is 12.1. The summed E-state index contributed by atoms with van der Waals surface area (Å²) >= 11 is 0. The quantitative estimate of drug-likeness (QED) is 0.864. The third kappa shape index (κ3) is 3.30. The third-order valence-electron chi connectivity index (χ3n) is 3.85. The molecular formula is C15H23NO. The number of benzene rings is 1. The summed E-state index contributed by atoms with van der Waals surface area (Å²) in [6, 6.07) is 9.20. The molecule has 1 aromatic rings. The van der Waals surface area contributed by atoms with Crippen molar-refractivity contribution in [3.8, 4) is 0 Å². The molecule has 2 heteroatoms. The van der Waals surface area contributed by atoms with E-state index < -0.39 is 0 Å². The molecule has 1 unspecified atom stereocenters. The Bertz CT molecular complexity index is 349. The Hall–Kier alpha value is -0.860. The first-order valence-corrected chi connectivity index (χ1v) is 6.70. The first kappa shape index (κ1) is 12.6. The topological polar surface area (TPSA) is 23.5 Å². The van der Waals surface area contributed by atoms with Crippen molar-refractivity contribution in [3.05, 3.63) is 35.4 Å². The maximum atomic E-state index is 9.13. The second-order valence-electron chi connectivity index (χ2n) is 5.06. The second-order valence-corrected chi connectivity index (χ2v) is 5.06. The predicted octanol–water partition coefficient (Wildman–Crippen LogP) is 2.73. The zero-order valence-electron chi connectivity index (χ0n) is 10.7. The Labute approximate surface area is 104 Å². The van der Waals surface area contributed by atoms with Crippen LogP contribution in [-0.2, 0) is 6.54 Å². The van der Waals surface area contributed by atoms with E-state index in [1.807, 2.05) is 0 Å². The molecular weight excluding hydrogens is 210 g/mol. The van der Waals surface area contributed by atoms with Crippen molar-refractivity contribution >= 4 is 0 Å². The number of likely N-dealkylation sites (tertiary alicyclic amines) is 1. The van der Waals surface area contributed by atoms with Crippen LogP contribution in [0.2, 0.25) is 0 Å². The lowest BCUT2D eigenvalue weighted by Gasteiger charge is -2.35. The lowest BCUT2D eigenvalue weighted by molar-refractivity contribution is 0.112. The van der Waals surface area contributed by atoms with Crippen LogP contribution in [0.5, 0.6) is 0 Å². The number of aliphatic hydroxyl groups excluding tert-OH is 1. The Morgan fingerprint density at radius 1 is 1.29 bits per heavy atom. The monoisotopic (exact) mass is 233 g/mol. The maximum absolute atomic E-state index is 9.13. The third-order valence-corrected chi connectivity index (χ3v) is 3.85.